The molecule has 0 radical (unpaired) electrons. The van der Waals surface area contributed by atoms with Crippen LogP contribution in [-0.4, -0.2) is 4.98 Å². The van der Waals surface area contributed by atoms with Gasteiger partial charge in [0, 0.05) is 16.5 Å². The van der Waals surface area contributed by atoms with Crippen LogP contribution < -0.4 is 5.56 Å². The number of rotatable bonds is 3. The van der Waals surface area contributed by atoms with Gasteiger partial charge in [-0.25, -0.2) is 0 Å². The number of halogens is 1. The largest absolute Gasteiger partial charge is 0.315 e. The summed E-state index contributed by atoms with van der Waals surface area (Å²) in [7, 11) is 0. The Labute approximate surface area is 125 Å². The fourth-order valence-electron chi connectivity index (χ4n) is 2.06. The van der Waals surface area contributed by atoms with E-state index < -0.39 is 0 Å². The van der Waals surface area contributed by atoms with Gasteiger partial charge < -0.3 is 4.98 Å². The molecule has 1 N–H and O–H groups in total. The van der Waals surface area contributed by atoms with Crippen LogP contribution in [0.3, 0.4) is 0 Å². The molecule has 0 bridgehead atoms. The summed E-state index contributed by atoms with van der Waals surface area (Å²) in [5, 5.41) is 2.90. The van der Waals surface area contributed by atoms with E-state index >= 15 is 0 Å². The predicted molar refractivity (Wildman–Crippen MR) is 85.6 cm³/mol. The molecule has 0 aliphatic heterocycles. The number of aromatic nitrogens is 1. The Hall–Kier alpha value is -1.71. The molecule has 0 fully saturated rings. The van der Waals surface area contributed by atoms with E-state index in [0.29, 0.717) is 0 Å². The van der Waals surface area contributed by atoms with Crippen molar-refractivity contribution in [3.63, 3.8) is 0 Å². The molecule has 0 atom stereocenters. The minimum absolute atomic E-state index is 0.235. The average molecular weight is 302 g/mol. The second-order valence-electron chi connectivity index (χ2n) is 4.42. The number of pyridine rings is 1. The average Bonchev–Trinajstić information content (AvgIpc) is 2.50. The van der Waals surface area contributed by atoms with Crippen molar-refractivity contribution in [2.45, 2.75) is 10.8 Å². The Kier molecular flexibility index (Phi) is 3.81. The molecule has 0 amide bonds. The molecule has 2 nitrogen and oxygen atoms in total. The lowest BCUT2D eigenvalue weighted by Gasteiger charge is -2.07. The third-order valence-electron chi connectivity index (χ3n) is 3.06. The third-order valence-corrected chi connectivity index (χ3v) is 4.52. The standard InChI is InChI=1S/C16H12ClNOS/c17-14-12-8-4-5-9-13(12)16(18-15(14)19)20-10-11-6-2-1-3-7-11/h1-9H,10H2,(H,18,19). The number of hydrogen-bond acceptors (Lipinski definition) is 2. The van der Waals surface area contributed by atoms with Gasteiger partial charge in [0.25, 0.3) is 5.56 Å². The molecule has 0 spiro atoms. The molecule has 1 aromatic heterocycles. The van der Waals surface area contributed by atoms with Gasteiger partial charge in [0.05, 0.1) is 5.03 Å². The summed E-state index contributed by atoms with van der Waals surface area (Å²) in [6.07, 6.45) is 0. The van der Waals surface area contributed by atoms with Crippen molar-refractivity contribution >= 4 is 34.1 Å². The molecule has 2 aromatic carbocycles. The summed E-state index contributed by atoms with van der Waals surface area (Å²) < 4.78 is 0. The first-order valence-corrected chi connectivity index (χ1v) is 7.59. The molecule has 20 heavy (non-hydrogen) atoms. The molecule has 0 saturated heterocycles. The highest BCUT2D eigenvalue weighted by Crippen LogP contribution is 2.30. The van der Waals surface area contributed by atoms with Crippen molar-refractivity contribution in [3.8, 4) is 0 Å². The number of aromatic amines is 1. The van der Waals surface area contributed by atoms with Crippen LogP contribution in [0.4, 0.5) is 0 Å². The van der Waals surface area contributed by atoms with E-state index in [0.717, 1.165) is 21.6 Å². The fraction of sp³-hybridized carbons (Fsp3) is 0.0625. The molecule has 0 saturated carbocycles. The van der Waals surface area contributed by atoms with Crippen LogP contribution in [0.15, 0.2) is 64.4 Å². The third kappa shape index (κ3) is 2.60. The van der Waals surface area contributed by atoms with E-state index in [2.05, 4.69) is 17.1 Å². The van der Waals surface area contributed by atoms with Crippen LogP contribution in [0.5, 0.6) is 0 Å². The fourth-order valence-corrected chi connectivity index (χ4v) is 3.28. The van der Waals surface area contributed by atoms with Gasteiger partial charge in [-0.1, -0.05) is 66.2 Å². The number of fused-ring (bicyclic) bond motifs is 1. The van der Waals surface area contributed by atoms with E-state index in [4.69, 9.17) is 11.6 Å². The quantitative estimate of drug-likeness (QED) is 0.724. The van der Waals surface area contributed by atoms with E-state index in [1.165, 1.54) is 5.56 Å². The van der Waals surface area contributed by atoms with Gasteiger partial charge in [0.2, 0.25) is 0 Å². The lowest BCUT2D eigenvalue weighted by molar-refractivity contribution is 1.11. The molecule has 0 aliphatic carbocycles. The highest BCUT2D eigenvalue weighted by molar-refractivity contribution is 7.98. The molecule has 0 unspecified atom stereocenters. The van der Waals surface area contributed by atoms with Crippen molar-refractivity contribution in [1.29, 1.82) is 0 Å². The minimum atomic E-state index is -0.235. The summed E-state index contributed by atoms with van der Waals surface area (Å²) in [6.45, 7) is 0. The van der Waals surface area contributed by atoms with Gasteiger partial charge in [-0.05, 0) is 5.56 Å². The van der Waals surface area contributed by atoms with Gasteiger partial charge in [0.1, 0.15) is 5.02 Å². The summed E-state index contributed by atoms with van der Waals surface area (Å²) in [5.74, 6) is 0.808. The van der Waals surface area contributed by atoms with Gasteiger partial charge >= 0.3 is 0 Å². The molecule has 0 aliphatic rings. The zero-order chi connectivity index (χ0) is 13.9. The number of benzene rings is 2. The normalized spacial score (nSPS) is 10.8. The van der Waals surface area contributed by atoms with E-state index in [9.17, 15) is 4.79 Å². The summed E-state index contributed by atoms with van der Waals surface area (Å²) in [6, 6.07) is 17.9. The van der Waals surface area contributed by atoms with Gasteiger partial charge in [-0.15, -0.1) is 11.8 Å². The lowest BCUT2D eigenvalue weighted by atomic mass is 10.2. The van der Waals surface area contributed by atoms with E-state index in [1.807, 2.05) is 42.5 Å². The molecular weight excluding hydrogens is 290 g/mol. The molecule has 3 rings (SSSR count). The second kappa shape index (κ2) is 5.73. The molecule has 3 aromatic rings. The molecule has 100 valence electrons. The Morgan fingerprint density at radius 1 is 0.950 bits per heavy atom. The number of nitrogens with one attached hydrogen (secondary N) is 1. The summed E-state index contributed by atoms with van der Waals surface area (Å²) in [5.41, 5.74) is 0.985. The molecule has 4 heteroatoms. The van der Waals surface area contributed by atoms with Gasteiger partial charge in [-0.2, -0.15) is 0 Å². The first kappa shape index (κ1) is 13.3. The van der Waals surface area contributed by atoms with Gasteiger partial charge in [-0.3, -0.25) is 4.79 Å². The summed E-state index contributed by atoms with van der Waals surface area (Å²) in [4.78, 5) is 14.7. The SMILES string of the molecule is O=c1[nH]c(SCc2ccccc2)c2ccccc2c1Cl. The maximum atomic E-state index is 11.9. The molecular formula is C16H12ClNOS. The number of H-pyrrole nitrogens is 1. The maximum Gasteiger partial charge on any atom is 0.268 e. The number of thioether (sulfide) groups is 1. The van der Waals surface area contributed by atoms with Crippen LogP contribution in [0.1, 0.15) is 5.56 Å². The van der Waals surface area contributed by atoms with Crippen LogP contribution in [-0.2, 0) is 5.75 Å². The maximum absolute atomic E-state index is 11.9. The Morgan fingerprint density at radius 2 is 1.60 bits per heavy atom. The predicted octanol–water partition coefficient (Wildman–Crippen LogP) is 4.47. The zero-order valence-corrected chi connectivity index (χ0v) is 12.2. The van der Waals surface area contributed by atoms with E-state index in [-0.39, 0.29) is 10.6 Å². The van der Waals surface area contributed by atoms with Crippen molar-refractivity contribution in [3.05, 3.63) is 75.5 Å². The highest BCUT2D eigenvalue weighted by atomic mass is 35.5. The first-order chi connectivity index (χ1) is 9.75. The molecule has 1 heterocycles. The summed E-state index contributed by atoms with van der Waals surface area (Å²) >= 11 is 7.67. The Morgan fingerprint density at radius 3 is 2.35 bits per heavy atom. The first-order valence-electron chi connectivity index (χ1n) is 6.23. The Bertz CT molecular complexity index is 798. The topological polar surface area (TPSA) is 32.9 Å². The lowest BCUT2D eigenvalue weighted by Crippen LogP contribution is -2.07. The van der Waals surface area contributed by atoms with Crippen LogP contribution in [0.2, 0.25) is 5.02 Å². The smallest absolute Gasteiger partial charge is 0.268 e. The van der Waals surface area contributed by atoms with Crippen LogP contribution in [0.25, 0.3) is 10.8 Å². The number of hydrogen-bond donors (Lipinski definition) is 1. The second-order valence-corrected chi connectivity index (χ2v) is 5.78. The highest BCUT2D eigenvalue weighted by Gasteiger charge is 2.09. The van der Waals surface area contributed by atoms with Crippen LogP contribution in [0, 0.1) is 0 Å². The Balaban J connectivity index is 2.00. The van der Waals surface area contributed by atoms with Crippen molar-refractivity contribution in [2.24, 2.45) is 0 Å². The monoisotopic (exact) mass is 301 g/mol. The van der Waals surface area contributed by atoms with E-state index in [1.54, 1.807) is 11.8 Å². The van der Waals surface area contributed by atoms with Crippen molar-refractivity contribution in [1.82, 2.24) is 4.98 Å². The van der Waals surface area contributed by atoms with Crippen LogP contribution >= 0.6 is 23.4 Å². The van der Waals surface area contributed by atoms with Crippen molar-refractivity contribution in [2.75, 3.05) is 0 Å². The van der Waals surface area contributed by atoms with Gasteiger partial charge in [0.15, 0.2) is 0 Å². The minimum Gasteiger partial charge on any atom is -0.315 e. The van der Waals surface area contributed by atoms with Crippen molar-refractivity contribution < 1.29 is 0 Å². The zero-order valence-electron chi connectivity index (χ0n) is 10.6.